The zero-order chi connectivity index (χ0) is 20.4. The lowest BCUT2D eigenvalue weighted by atomic mass is 10.2. The van der Waals surface area contributed by atoms with Crippen molar-refractivity contribution in [3.63, 3.8) is 0 Å². The van der Waals surface area contributed by atoms with Gasteiger partial charge in [0.1, 0.15) is 11.7 Å². The molecule has 4 aromatic rings. The lowest BCUT2D eigenvalue weighted by molar-refractivity contribution is 0.100. The smallest absolute Gasteiger partial charge is 0.267 e. The number of hydrogen-bond donors (Lipinski definition) is 1. The molecule has 2 aromatic heterocycles. The molecule has 146 valence electrons. The second-order valence-electron chi connectivity index (χ2n) is 6.42. The number of aromatic nitrogens is 4. The first-order chi connectivity index (χ1) is 14.1. The summed E-state index contributed by atoms with van der Waals surface area (Å²) in [5.41, 5.74) is 5.13. The molecule has 0 radical (unpaired) electrons. The van der Waals surface area contributed by atoms with Crippen molar-refractivity contribution in [3.05, 3.63) is 82.5 Å². The second kappa shape index (κ2) is 7.92. The van der Waals surface area contributed by atoms with Crippen LogP contribution < -0.4 is 11.0 Å². The number of rotatable bonds is 5. The van der Waals surface area contributed by atoms with Crippen molar-refractivity contribution >= 4 is 28.7 Å². The third-order valence-electron chi connectivity index (χ3n) is 4.42. The molecule has 7 nitrogen and oxygen atoms in total. The Balaban J connectivity index is 1.68. The van der Waals surface area contributed by atoms with Crippen LogP contribution in [0.25, 0.3) is 16.7 Å². The van der Waals surface area contributed by atoms with Crippen molar-refractivity contribution < 1.29 is 4.79 Å². The van der Waals surface area contributed by atoms with E-state index in [1.54, 1.807) is 28.6 Å². The first-order valence-corrected chi connectivity index (χ1v) is 10.1. The molecule has 2 heterocycles. The van der Waals surface area contributed by atoms with E-state index in [1.165, 1.54) is 12.5 Å². The Hall–Kier alpha value is -3.39. The van der Waals surface area contributed by atoms with Crippen molar-refractivity contribution in [2.24, 2.45) is 0 Å². The van der Waals surface area contributed by atoms with Gasteiger partial charge < -0.3 is 0 Å². The third-order valence-corrected chi connectivity index (χ3v) is 5.38. The average molecular weight is 405 g/mol. The largest absolute Gasteiger partial charge is 0.283 e. The average Bonchev–Trinajstić information content (AvgIpc) is 3.16. The van der Waals surface area contributed by atoms with Crippen LogP contribution in [0.4, 0.5) is 0 Å². The Kier molecular flexibility index (Phi) is 5.18. The number of thioether (sulfide) groups is 1. The number of hydrogen-bond acceptors (Lipinski definition) is 5. The number of amides is 1. The van der Waals surface area contributed by atoms with Crippen LogP contribution >= 0.6 is 11.8 Å². The van der Waals surface area contributed by atoms with Gasteiger partial charge in [-0.2, -0.15) is 5.10 Å². The van der Waals surface area contributed by atoms with Gasteiger partial charge in [-0.15, -0.1) is 11.8 Å². The fourth-order valence-electron chi connectivity index (χ4n) is 2.97. The van der Waals surface area contributed by atoms with Gasteiger partial charge in [-0.25, -0.2) is 14.3 Å². The van der Waals surface area contributed by atoms with Crippen LogP contribution in [0.1, 0.15) is 22.8 Å². The number of nitrogens with zero attached hydrogens (tertiary/aromatic N) is 4. The summed E-state index contributed by atoms with van der Waals surface area (Å²) in [7, 11) is 0. The van der Waals surface area contributed by atoms with Gasteiger partial charge in [0.05, 0.1) is 17.4 Å². The molecule has 0 aliphatic heterocycles. The molecule has 0 saturated carbocycles. The highest BCUT2D eigenvalue weighted by Crippen LogP contribution is 2.22. The van der Waals surface area contributed by atoms with Crippen LogP contribution in [0.2, 0.25) is 0 Å². The van der Waals surface area contributed by atoms with E-state index in [2.05, 4.69) is 15.5 Å². The van der Waals surface area contributed by atoms with Crippen LogP contribution in [0.3, 0.4) is 0 Å². The lowest BCUT2D eigenvalue weighted by Gasteiger charge is -2.11. The lowest BCUT2D eigenvalue weighted by Crippen LogP contribution is -2.33. The molecular formula is C21H19N5O2S. The molecular weight excluding hydrogens is 386 g/mol. The highest BCUT2D eigenvalue weighted by Gasteiger charge is 2.15. The van der Waals surface area contributed by atoms with E-state index in [4.69, 9.17) is 0 Å². The summed E-state index contributed by atoms with van der Waals surface area (Å²) in [6.45, 7) is 4.02. The second-order valence-corrected chi connectivity index (χ2v) is 7.72. The first kappa shape index (κ1) is 18.9. The number of benzene rings is 2. The molecule has 0 atom stereocenters. The number of fused-ring (bicyclic) bond motifs is 1. The van der Waals surface area contributed by atoms with Crippen molar-refractivity contribution in [2.45, 2.75) is 18.7 Å². The van der Waals surface area contributed by atoms with E-state index in [0.717, 1.165) is 26.6 Å². The third kappa shape index (κ3) is 3.66. The molecule has 0 unspecified atom stereocenters. The number of nitrogens with one attached hydrogen (secondary N) is 1. The molecule has 1 amide bonds. The highest BCUT2D eigenvalue weighted by atomic mass is 32.2. The summed E-state index contributed by atoms with van der Waals surface area (Å²) >= 11 is 1.57. The van der Waals surface area contributed by atoms with Gasteiger partial charge in [0.25, 0.3) is 11.5 Å². The Bertz CT molecular complexity index is 1240. The summed E-state index contributed by atoms with van der Waals surface area (Å²) < 4.78 is 2.70. The van der Waals surface area contributed by atoms with Gasteiger partial charge in [-0.1, -0.05) is 36.8 Å². The Morgan fingerprint density at radius 3 is 2.66 bits per heavy atom. The van der Waals surface area contributed by atoms with E-state index < -0.39 is 0 Å². The predicted octanol–water partition coefficient (Wildman–Crippen LogP) is 3.39. The van der Waals surface area contributed by atoms with E-state index in [9.17, 15) is 9.59 Å². The molecule has 29 heavy (non-hydrogen) atoms. The van der Waals surface area contributed by atoms with Crippen molar-refractivity contribution in [1.29, 1.82) is 0 Å². The van der Waals surface area contributed by atoms with Crippen LogP contribution in [0.15, 0.2) is 70.7 Å². The fraction of sp³-hybridized carbons (Fsp3) is 0.143. The highest BCUT2D eigenvalue weighted by molar-refractivity contribution is 7.99. The summed E-state index contributed by atoms with van der Waals surface area (Å²) in [5.74, 6) is 0.478. The first-order valence-electron chi connectivity index (χ1n) is 9.14. The van der Waals surface area contributed by atoms with Gasteiger partial charge >= 0.3 is 0 Å². The minimum absolute atomic E-state index is 0.324. The maximum absolute atomic E-state index is 12.9. The van der Waals surface area contributed by atoms with Gasteiger partial charge in [0.15, 0.2) is 5.65 Å². The molecule has 0 aliphatic rings. The molecule has 1 N–H and O–H groups in total. The topological polar surface area (TPSA) is 81.8 Å². The van der Waals surface area contributed by atoms with Crippen LogP contribution in [0.5, 0.6) is 0 Å². The van der Waals surface area contributed by atoms with E-state index in [1.807, 2.05) is 50.2 Å². The zero-order valence-corrected chi connectivity index (χ0v) is 16.8. The molecule has 0 spiro atoms. The van der Waals surface area contributed by atoms with Gasteiger partial charge in [0, 0.05) is 4.90 Å². The van der Waals surface area contributed by atoms with Crippen molar-refractivity contribution in [3.8, 4) is 5.69 Å². The molecule has 0 aliphatic carbocycles. The van der Waals surface area contributed by atoms with Gasteiger partial charge in [-0.3, -0.25) is 15.0 Å². The maximum Gasteiger partial charge on any atom is 0.283 e. The Morgan fingerprint density at radius 1 is 1.14 bits per heavy atom. The minimum atomic E-state index is -0.387. The van der Waals surface area contributed by atoms with E-state index in [0.29, 0.717) is 16.6 Å². The van der Waals surface area contributed by atoms with Crippen LogP contribution in [-0.2, 0) is 0 Å². The standard InChI is InChI=1S/C21H19N5O2S/c1-3-29-18-7-5-4-6-16(18)20(27)24-25-13-22-19-17(21(25)28)12-23-26(19)15-10-8-14(2)9-11-15/h4-13H,3H2,1-2H3,(H,24,27). The molecule has 2 aromatic carbocycles. The predicted molar refractivity (Wildman–Crippen MR) is 114 cm³/mol. The maximum atomic E-state index is 12.9. The quantitative estimate of drug-likeness (QED) is 0.515. The summed E-state index contributed by atoms with van der Waals surface area (Å²) in [5, 5.41) is 4.62. The number of carbonyl (C=O) groups is 1. The van der Waals surface area contributed by atoms with Gasteiger partial charge in [-0.05, 0) is 36.9 Å². The van der Waals surface area contributed by atoms with Crippen molar-refractivity contribution in [1.82, 2.24) is 19.4 Å². The monoisotopic (exact) mass is 405 g/mol. The zero-order valence-electron chi connectivity index (χ0n) is 16.0. The van der Waals surface area contributed by atoms with E-state index in [-0.39, 0.29) is 11.5 Å². The summed E-state index contributed by atoms with van der Waals surface area (Å²) in [6, 6.07) is 15.1. The van der Waals surface area contributed by atoms with E-state index >= 15 is 0 Å². The normalized spacial score (nSPS) is 11.0. The Labute approximate surface area is 171 Å². The van der Waals surface area contributed by atoms with Crippen LogP contribution in [-0.4, -0.2) is 31.1 Å². The molecule has 0 fully saturated rings. The minimum Gasteiger partial charge on any atom is -0.267 e. The van der Waals surface area contributed by atoms with Gasteiger partial charge in [0.2, 0.25) is 0 Å². The number of carbonyl (C=O) groups excluding carboxylic acids is 1. The Morgan fingerprint density at radius 2 is 1.90 bits per heavy atom. The van der Waals surface area contributed by atoms with Crippen molar-refractivity contribution in [2.75, 3.05) is 11.2 Å². The molecule has 0 bridgehead atoms. The van der Waals surface area contributed by atoms with Crippen LogP contribution in [0, 0.1) is 6.92 Å². The number of aryl methyl sites for hydroxylation is 1. The fourth-order valence-corrected chi connectivity index (χ4v) is 3.77. The molecule has 8 heteroatoms. The molecule has 4 rings (SSSR count). The summed E-state index contributed by atoms with van der Waals surface area (Å²) in [6.07, 6.45) is 2.78. The summed E-state index contributed by atoms with van der Waals surface area (Å²) in [4.78, 5) is 30.8. The SMILES string of the molecule is CCSc1ccccc1C(=O)Nn1cnc2c(cnn2-c2ccc(C)cc2)c1=O. The molecule has 0 saturated heterocycles.